The maximum Gasteiger partial charge on any atom is 0.245 e. The van der Waals surface area contributed by atoms with Gasteiger partial charge in [-0.25, -0.2) is 4.98 Å². The molecule has 2 aliphatic rings. The molecule has 436 valence electrons. The number of benzene rings is 2. The molecule has 0 spiro atoms. The molecule has 10 amide bonds. The van der Waals surface area contributed by atoms with Crippen molar-refractivity contribution >= 4 is 75.9 Å². The quantitative estimate of drug-likeness (QED) is 0.0143. The maximum atomic E-state index is 14.4. The molecule has 0 aliphatic carbocycles. The highest BCUT2D eigenvalue weighted by Gasteiger charge is 2.38. The summed E-state index contributed by atoms with van der Waals surface area (Å²) in [6.07, 6.45) is 3.91. The highest BCUT2D eigenvalue weighted by atomic mass is 16.3. The Morgan fingerprint density at radius 1 is 0.765 bits per heavy atom. The molecular weight excluding hydrogens is 1050 g/mol. The van der Waals surface area contributed by atoms with E-state index in [1.165, 1.54) is 41.7 Å². The second kappa shape index (κ2) is 29.2. The number of hydrogen-bond donors (Lipinski definition) is 15. The van der Waals surface area contributed by atoms with Gasteiger partial charge in [0.1, 0.15) is 54.1 Å². The molecule has 6 rings (SSSR count). The Morgan fingerprint density at radius 3 is 2.04 bits per heavy atom. The first-order valence-electron chi connectivity index (χ1n) is 26.6. The molecule has 2 saturated heterocycles. The van der Waals surface area contributed by atoms with Crippen molar-refractivity contribution in [3.8, 4) is 5.75 Å². The Balaban J connectivity index is 1.16. The molecule has 28 heteroatoms. The van der Waals surface area contributed by atoms with E-state index in [9.17, 15) is 58.2 Å². The summed E-state index contributed by atoms with van der Waals surface area (Å²) >= 11 is 0. The Hall–Kier alpha value is -9.08. The molecule has 28 nitrogen and oxygen atoms in total. The first-order chi connectivity index (χ1) is 38.7. The number of likely N-dealkylation sites (tertiary alicyclic amines) is 1. The number of H-pyrrole nitrogens is 2. The van der Waals surface area contributed by atoms with E-state index in [0.717, 1.165) is 10.9 Å². The Morgan fingerprint density at radius 2 is 1.41 bits per heavy atom. The molecule has 4 aromatic rings. The van der Waals surface area contributed by atoms with Crippen LogP contribution in [0.25, 0.3) is 10.9 Å². The van der Waals surface area contributed by atoms with Crippen LogP contribution in [-0.2, 0) is 67.2 Å². The standard InChI is InChI=1S/C53H72N16O12/c1-28(2)19-37(48(77)64-36(9-5-17-58-53(55)56)52(81)69-18-6-10-42(69)45(54)74)63-44(73)25-59-46(75)38(20-29-11-13-33(71)14-12-29)65-51(80)41(26-70)68-50(79)39(22-31-21-30-7-3-4-8-34(30)61-31)67-49(78)40(23-32-24-57-27-60-32)66-47(76)35-15-16-43(72)62-35/h3-4,7-8,11-14,21,24,27-28,35-42,61,70-71H,5-6,9-10,15-20,22-23,25-26H2,1-2H3,(H2,54,74)(H,57,60)(H,59,75)(H,62,72)(H,63,73)(H,64,77)(H,65,80)(H,66,76)(H,67,78)(H,68,79)(H4,55,56,58)/t35-,36-,37-,38-,39-,40-,41-,42-/m0/s1. The largest absolute Gasteiger partial charge is 0.508 e. The Kier molecular flexibility index (Phi) is 22.1. The average Bonchev–Trinajstić information content (AvgIpc) is 4.44. The van der Waals surface area contributed by atoms with Crippen LogP contribution < -0.4 is 59.7 Å². The van der Waals surface area contributed by atoms with Gasteiger partial charge in [-0.15, -0.1) is 0 Å². The maximum absolute atomic E-state index is 14.4. The molecule has 18 N–H and O–H groups in total. The summed E-state index contributed by atoms with van der Waals surface area (Å²) in [5, 5.41) is 42.1. The van der Waals surface area contributed by atoms with E-state index in [1.54, 1.807) is 32.0 Å². The van der Waals surface area contributed by atoms with Crippen LogP contribution in [0.4, 0.5) is 0 Å². The second-order valence-corrected chi connectivity index (χ2v) is 20.4. The number of rotatable bonds is 29. The van der Waals surface area contributed by atoms with E-state index in [0.29, 0.717) is 29.8 Å². The zero-order chi connectivity index (χ0) is 58.8. The fourth-order valence-electron chi connectivity index (χ4n) is 9.47. The van der Waals surface area contributed by atoms with Gasteiger partial charge in [0.05, 0.1) is 19.5 Å². The number of primary amides is 1. The van der Waals surface area contributed by atoms with Gasteiger partial charge in [0.25, 0.3) is 0 Å². The second-order valence-electron chi connectivity index (χ2n) is 20.4. The number of fused-ring (bicyclic) bond motifs is 1. The van der Waals surface area contributed by atoms with Crippen LogP contribution in [-0.4, -0.2) is 170 Å². The molecular formula is C53H72N16O12. The van der Waals surface area contributed by atoms with E-state index < -0.39 is 115 Å². The van der Waals surface area contributed by atoms with Crippen molar-refractivity contribution in [2.24, 2.45) is 28.1 Å². The first-order valence-corrected chi connectivity index (χ1v) is 26.6. The minimum Gasteiger partial charge on any atom is -0.508 e. The third-order valence-corrected chi connectivity index (χ3v) is 13.6. The normalized spacial score (nSPS) is 17.1. The van der Waals surface area contributed by atoms with Crippen molar-refractivity contribution in [3.63, 3.8) is 0 Å². The summed E-state index contributed by atoms with van der Waals surface area (Å²) in [5.74, 6) is -7.93. The first kappa shape index (κ1) is 61.1. The molecule has 0 radical (unpaired) electrons. The smallest absolute Gasteiger partial charge is 0.245 e. The van der Waals surface area contributed by atoms with Crippen molar-refractivity contribution in [2.45, 2.75) is 126 Å². The number of aliphatic hydroxyl groups excluding tert-OH is 1. The van der Waals surface area contributed by atoms with Crippen LogP contribution in [0, 0.1) is 5.92 Å². The molecule has 2 aromatic heterocycles. The lowest BCUT2D eigenvalue weighted by atomic mass is 10.0. The molecule has 0 unspecified atom stereocenters. The lowest BCUT2D eigenvalue weighted by Gasteiger charge is -2.29. The zero-order valence-electron chi connectivity index (χ0n) is 45.0. The summed E-state index contributed by atoms with van der Waals surface area (Å²) < 4.78 is 0. The molecule has 0 saturated carbocycles. The van der Waals surface area contributed by atoms with Crippen LogP contribution in [0.15, 0.2) is 72.1 Å². The van der Waals surface area contributed by atoms with E-state index in [4.69, 9.17) is 17.2 Å². The monoisotopic (exact) mass is 1120 g/mol. The van der Waals surface area contributed by atoms with Gasteiger partial charge in [0.2, 0.25) is 59.1 Å². The summed E-state index contributed by atoms with van der Waals surface area (Å²) in [6, 6.07) is 4.51. The molecule has 4 heterocycles. The predicted octanol–water partition coefficient (Wildman–Crippen LogP) is -3.50. The van der Waals surface area contributed by atoms with Gasteiger partial charge in [-0.2, -0.15) is 0 Å². The number of para-hydroxylation sites is 1. The average molecular weight is 1130 g/mol. The van der Waals surface area contributed by atoms with E-state index in [2.05, 4.69) is 62.5 Å². The van der Waals surface area contributed by atoms with Gasteiger partial charge in [-0.05, 0) is 79.7 Å². The van der Waals surface area contributed by atoms with Gasteiger partial charge in [0, 0.05) is 61.9 Å². The summed E-state index contributed by atoms with van der Waals surface area (Å²) in [4.78, 5) is 151. The van der Waals surface area contributed by atoms with Crippen LogP contribution in [0.2, 0.25) is 0 Å². The predicted molar refractivity (Wildman–Crippen MR) is 292 cm³/mol. The molecule has 0 bridgehead atoms. The number of imidazole rings is 1. The lowest BCUT2D eigenvalue weighted by molar-refractivity contribution is -0.141. The zero-order valence-corrected chi connectivity index (χ0v) is 45.0. The topological polar surface area (TPSA) is 446 Å². The Labute approximate surface area is 465 Å². The van der Waals surface area contributed by atoms with Gasteiger partial charge >= 0.3 is 0 Å². The van der Waals surface area contributed by atoms with E-state index >= 15 is 0 Å². The number of nitrogens with one attached hydrogen (secondary N) is 10. The van der Waals surface area contributed by atoms with Gasteiger partial charge in [-0.1, -0.05) is 44.2 Å². The molecule has 8 atom stereocenters. The van der Waals surface area contributed by atoms with E-state index in [-0.39, 0.29) is 88.0 Å². The number of aliphatic hydroxyl groups is 1. The number of nitrogens with zero attached hydrogens (tertiary/aromatic N) is 3. The number of nitrogens with two attached hydrogens (primary N) is 3. The number of carbonyl (C=O) groups is 10. The number of amides is 10. The third kappa shape index (κ3) is 18.2. The minimum absolute atomic E-state index is 0.0670. The number of hydrogen-bond acceptors (Lipinski definition) is 14. The fourth-order valence-corrected chi connectivity index (χ4v) is 9.47. The molecule has 2 aliphatic heterocycles. The van der Waals surface area contributed by atoms with Crippen LogP contribution in [0.3, 0.4) is 0 Å². The minimum atomic E-state index is -1.74. The SMILES string of the molecule is CC(C)C[C@H](NC(=O)CNC(=O)[C@H](Cc1ccc(O)cc1)NC(=O)[C@H](CO)NC(=O)[C@H](Cc1cc2ccccc2[nH]1)NC(=O)[C@H](Cc1cnc[nH]1)NC(=O)[C@@H]1CCC(=O)N1)C(=O)N[C@@H](CCCN=C(N)N)C(=O)N1CCC[C@H]1C(N)=O. The number of aromatic amines is 2. The van der Waals surface area contributed by atoms with Crippen molar-refractivity contribution in [1.82, 2.24) is 62.4 Å². The molecule has 2 aromatic carbocycles. The number of guanidine groups is 1. The van der Waals surface area contributed by atoms with Crippen molar-refractivity contribution in [3.05, 3.63) is 84.1 Å². The van der Waals surface area contributed by atoms with Crippen molar-refractivity contribution in [1.29, 1.82) is 0 Å². The summed E-state index contributed by atoms with van der Waals surface area (Å²) in [7, 11) is 0. The fraction of sp³-hybridized carbons (Fsp3) is 0.472. The van der Waals surface area contributed by atoms with Crippen molar-refractivity contribution < 1.29 is 58.2 Å². The third-order valence-electron chi connectivity index (χ3n) is 13.6. The van der Waals surface area contributed by atoms with E-state index in [1.807, 2.05) is 12.1 Å². The highest BCUT2D eigenvalue weighted by molar-refractivity contribution is 5.99. The number of phenols is 1. The number of phenolic OH excluding ortho intramolecular Hbond substituents is 1. The van der Waals surface area contributed by atoms with Crippen LogP contribution in [0.1, 0.15) is 75.7 Å². The van der Waals surface area contributed by atoms with Crippen molar-refractivity contribution in [2.75, 3.05) is 26.2 Å². The molecule has 2 fully saturated rings. The number of carbonyl (C=O) groups excluding carboxylic acids is 10. The summed E-state index contributed by atoms with van der Waals surface area (Å²) in [5.41, 5.74) is 18.6. The number of aromatic nitrogens is 3. The lowest BCUT2D eigenvalue weighted by Crippen LogP contribution is -2.60. The number of aromatic hydroxyl groups is 1. The summed E-state index contributed by atoms with van der Waals surface area (Å²) in [6.45, 7) is 2.25. The molecule has 81 heavy (non-hydrogen) atoms. The Bertz CT molecular complexity index is 2870. The van der Waals surface area contributed by atoms with Crippen LogP contribution >= 0.6 is 0 Å². The van der Waals surface area contributed by atoms with Gasteiger partial charge < -0.3 is 84.8 Å². The van der Waals surface area contributed by atoms with Crippen LogP contribution in [0.5, 0.6) is 5.75 Å². The van der Waals surface area contributed by atoms with Gasteiger partial charge in [0.15, 0.2) is 5.96 Å². The highest BCUT2D eigenvalue weighted by Crippen LogP contribution is 2.21. The van der Waals surface area contributed by atoms with Gasteiger partial charge in [-0.3, -0.25) is 52.9 Å². The number of aliphatic imine (C=N–C) groups is 1.